The van der Waals surface area contributed by atoms with Gasteiger partial charge in [0.15, 0.2) is 5.75 Å². The minimum absolute atomic E-state index is 0.0509. The Morgan fingerprint density at radius 1 is 1.11 bits per heavy atom. The topological polar surface area (TPSA) is 65.5 Å². The molecule has 3 rings (SSSR count). The van der Waals surface area contributed by atoms with Gasteiger partial charge in [0.1, 0.15) is 16.2 Å². The molecule has 0 bridgehead atoms. The van der Waals surface area contributed by atoms with Crippen LogP contribution in [0, 0.1) is 6.92 Å². The van der Waals surface area contributed by atoms with E-state index in [1.165, 1.54) is 19.4 Å². The molecule has 5 nitrogen and oxygen atoms in total. The third-order valence-corrected chi connectivity index (χ3v) is 6.22. The maximum atomic E-state index is 13.1. The average Bonchev–Trinajstić information content (AvgIpc) is 2.64. The van der Waals surface area contributed by atoms with E-state index in [1.807, 2.05) is 20.8 Å². The Kier molecular flexibility index (Phi) is 5.75. The number of nitrogens with zero attached hydrogens (tertiary/aromatic N) is 1. The highest BCUT2D eigenvalue weighted by Gasteiger charge is 2.27. The number of aromatic nitrogens is 1. The minimum atomic E-state index is -4.25. The van der Waals surface area contributed by atoms with E-state index in [4.69, 9.17) is 32.1 Å². The lowest BCUT2D eigenvalue weighted by Gasteiger charge is -2.17. The van der Waals surface area contributed by atoms with Crippen LogP contribution >= 0.6 is 23.2 Å². The zero-order valence-corrected chi connectivity index (χ0v) is 18.1. The second-order valence-electron chi connectivity index (χ2n) is 6.62. The SMILES string of the molecule is COc1cc(C)c(C(C)C)cc1S(=O)(=O)Oc1c(Cl)cc(Cl)c2cccnc12. The van der Waals surface area contributed by atoms with Crippen molar-refractivity contribution in [2.75, 3.05) is 7.11 Å². The predicted molar refractivity (Wildman–Crippen MR) is 111 cm³/mol. The van der Waals surface area contributed by atoms with Gasteiger partial charge in [-0.15, -0.1) is 0 Å². The molecule has 1 aromatic heterocycles. The number of pyridine rings is 1. The molecule has 0 spiro atoms. The number of fused-ring (bicyclic) bond motifs is 1. The van der Waals surface area contributed by atoms with Crippen LogP contribution in [0.1, 0.15) is 30.9 Å². The van der Waals surface area contributed by atoms with E-state index in [-0.39, 0.29) is 32.9 Å². The maximum Gasteiger partial charge on any atom is 0.343 e. The summed E-state index contributed by atoms with van der Waals surface area (Å²) >= 11 is 12.4. The lowest BCUT2D eigenvalue weighted by atomic mass is 9.98. The zero-order chi connectivity index (χ0) is 20.6. The first-order valence-electron chi connectivity index (χ1n) is 8.51. The monoisotopic (exact) mass is 439 g/mol. The Balaban J connectivity index is 2.19. The van der Waals surface area contributed by atoms with E-state index in [0.29, 0.717) is 10.4 Å². The molecular weight excluding hydrogens is 421 g/mol. The first-order valence-corrected chi connectivity index (χ1v) is 10.7. The first-order chi connectivity index (χ1) is 13.2. The molecule has 0 saturated heterocycles. The Morgan fingerprint density at radius 2 is 1.82 bits per heavy atom. The Bertz CT molecular complexity index is 1160. The molecule has 0 aliphatic carbocycles. The summed E-state index contributed by atoms with van der Waals surface area (Å²) in [5.74, 6) is 0.251. The molecule has 0 N–H and O–H groups in total. The average molecular weight is 440 g/mol. The van der Waals surface area contributed by atoms with Crippen molar-refractivity contribution in [1.82, 2.24) is 4.98 Å². The molecule has 0 fully saturated rings. The molecule has 148 valence electrons. The molecule has 0 unspecified atom stereocenters. The van der Waals surface area contributed by atoms with Gasteiger partial charge in [-0.1, -0.05) is 37.0 Å². The van der Waals surface area contributed by atoms with Gasteiger partial charge in [0.05, 0.1) is 17.2 Å². The van der Waals surface area contributed by atoms with E-state index in [2.05, 4.69) is 4.98 Å². The van der Waals surface area contributed by atoms with Gasteiger partial charge >= 0.3 is 10.1 Å². The lowest BCUT2D eigenvalue weighted by Crippen LogP contribution is -2.13. The zero-order valence-electron chi connectivity index (χ0n) is 15.8. The van der Waals surface area contributed by atoms with Gasteiger partial charge in [0, 0.05) is 11.6 Å². The number of hydrogen-bond acceptors (Lipinski definition) is 5. The number of benzene rings is 2. The third-order valence-electron chi connectivity index (χ3n) is 4.39. The highest BCUT2D eigenvalue weighted by molar-refractivity contribution is 7.87. The van der Waals surface area contributed by atoms with Crippen molar-refractivity contribution in [3.05, 3.63) is 57.7 Å². The molecule has 0 aliphatic rings. The van der Waals surface area contributed by atoms with Gasteiger partial charge in [-0.25, -0.2) is 0 Å². The van der Waals surface area contributed by atoms with Gasteiger partial charge < -0.3 is 8.92 Å². The number of rotatable bonds is 5. The van der Waals surface area contributed by atoms with Crippen LogP contribution in [-0.4, -0.2) is 20.5 Å². The van der Waals surface area contributed by atoms with Crippen LogP contribution in [0.15, 0.2) is 41.4 Å². The van der Waals surface area contributed by atoms with Gasteiger partial charge in [-0.2, -0.15) is 8.42 Å². The van der Waals surface area contributed by atoms with Crippen LogP contribution in [0.2, 0.25) is 10.0 Å². The number of ether oxygens (including phenoxy) is 1. The summed E-state index contributed by atoms with van der Waals surface area (Å²) in [6, 6.07) is 8.10. The summed E-state index contributed by atoms with van der Waals surface area (Å²) in [5.41, 5.74) is 2.08. The molecule has 0 saturated carbocycles. The van der Waals surface area contributed by atoms with Crippen LogP contribution in [-0.2, 0) is 10.1 Å². The van der Waals surface area contributed by atoms with Gasteiger partial charge in [-0.3, -0.25) is 4.98 Å². The van der Waals surface area contributed by atoms with E-state index in [0.717, 1.165) is 11.1 Å². The largest absolute Gasteiger partial charge is 0.495 e. The highest BCUT2D eigenvalue weighted by atomic mass is 35.5. The van der Waals surface area contributed by atoms with E-state index >= 15 is 0 Å². The molecule has 2 aromatic carbocycles. The summed E-state index contributed by atoms with van der Waals surface area (Å²) < 4.78 is 37.0. The van der Waals surface area contributed by atoms with Crippen LogP contribution in [0.3, 0.4) is 0 Å². The lowest BCUT2D eigenvalue weighted by molar-refractivity contribution is 0.397. The van der Waals surface area contributed by atoms with Crippen molar-refractivity contribution in [3.8, 4) is 11.5 Å². The number of hydrogen-bond donors (Lipinski definition) is 0. The summed E-state index contributed by atoms with van der Waals surface area (Å²) in [6.07, 6.45) is 1.51. The second kappa shape index (κ2) is 7.78. The molecule has 3 aromatic rings. The molecular formula is C20H19Cl2NO4S. The van der Waals surface area contributed by atoms with Crippen LogP contribution in [0.4, 0.5) is 0 Å². The summed E-state index contributed by atoms with van der Waals surface area (Å²) in [5, 5.41) is 0.945. The fourth-order valence-electron chi connectivity index (χ4n) is 3.03. The standard InChI is InChI=1S/C20H19Cl2NO4S/c1-11(2)14-9-18(17(26-4)8-12(14)3)28(24,25)27-20-16(22)10-15(21)13-6-5-7-23-19(13)20/h5-11H,1-4H3. The Labute approximate surface area is 174 Å². The van der Waals surface area contributed by atoms with Gasteiger partial charge in [0.2, 0.25) is 0 Å². The molecule has 0 amide bonds. The normalized spacial score (nSPS) is 11.8. The van der Waals surface area contributed by atoms with E-state index < -0.39 is 10.1 Å². The number of halogens is 2. The van der Waals surface area contributed by atoms with E-state index in [9.17, 15) is 8.42 Å². The quantitative estimate of drug-likeness (QED) is 0.473. The molecule has 0 atom stereocenters. The second-order valence-corrected chi connectivity index (χ2v) is 8.95. The smallest absolute Gasteiger partial charge is 0.343 e. The predicted octanol–water partition coefficient (Wildman–Crippen LogP) is 5.75. The highest BCUT2D eigenvalue weighted by Crippen LogP contribution is 2.40. The van der Waals surface area contributed by atoms with Gasteiger partial charge in [-0.05, 0) is 54.3 Å². The van der Waals surface area contributed by atoms with Crippen molar-refractivity contribution in [2.45, 2.75) is 31.6 Å². The summed E-state index contributed by atoms with van der Waals surface area (Å²) in [4.78, 5) is 4.12. The first kappa shape index (κ1) is 20.7. The Morgan fingerprint density at radius 3 is 2.46 bits per heavy atom. The van der Waals surface area contributed by atoms with Crippen LogP contribution < -0.4 is 8.92 Å². The van der Waals surface area contributed by atoms with Crippen molar-refractivity contribution in [1.29, 1.82) is 0 Å². The number of methoxy groups -OCH3 is 1. The van der Waals surface area contributed by atoms with Crippen LogP contribution in [0.25, 0.3) is 10.9 Å². The Hall–Kier alpha value is -2.02. The fraction of sp³-hybridized carbons (Fsp3) is 0.250. The van der Waals surface area contributed by atoms with Crippen molar-refractivity contribution in [3.63, 3.8) is 0 Å². The van der Waals surface area contributed by atoms with Crippen molar-refractivity contribution in [2.24, 2.45) is 0 Å². The van der Waals surface area contributed by atoms with E-state index in [1.54, 1.807) is 24.3 Å². The van der Waals surface area contributed by atoms with Crippen molar-refractivity contribution >= 4 is 44.2 Å². The summed E-state index contributed by atoms with van der Waals surface area (Å²) in [6.45, 7) is 5.88. The molecule has 28 heavy (non-hydrogen) atoms. The molecule has 0 radical (unpaired) electrons. The molecule has 8 heteroatoms. The number of aryl methyl sites for hydroxylation is 1. The maximum absolute atomic E-state index is 13.1. The van der Waals surface area contributed by atoms with Crippen molar-refractivity contribution < 1.29 is 17.3 Å². The minimum Gasteiger partial charge on any atom is -0.495 e. The summed E-state index contributed by atoms with van der Waals surface area (Å²) in [7, 11) is -2.84. The third kappa shape index (κ3) is 3.77. The van der Waals surface area contributed by atoms with Crippen LogP contribution in [0.5, 0.6) is 11.5 Å². The molecule has 0 aliphatic heterocycles. The van der Waals surface area contributed by atoms with Gasteiger partial charge in [0.25, 0.3) is 0 Å². The molecule has 1 heterocycles. The fourth-order valence-corrected chi connectivity index (χ4v) is 4.77.